The molecule has 1 unspecified atom stereocenters. The highest BCUT2D eigenvalue weighted by Crippen LogP contribution is 2.23. The van der Waals surface area contributed by atoms with E-state index in [-0.39, 0.29) is 33.9 Å². The van der Waals surface area contributed by atoms with Gasteiger partial charge in [0, 0.05) is 17.8 Å². The third kappa shape index (κ3) is 8.60. The standard InChI is InChI=1S/C36H40N6O8S/c1-21(2)29(31(43)34-38-26-13-8-9-15-28(26)50-34)39-33(45)27-14-10-20-42(27)35(46)30(22(3)4)40-32(44)23-16-18-24(19-17-23)37-36(47)41-51(48,49)25-11-6-5-7-12-25/h5-9,11-13,15-19,21-22,27,29-30H,10,14,20H2,1-4H3,(H,39,45)(H,40,44)(H2,37,41,47)/t27-,29?,30-/m0/s1. The van der Waals surface area contributed by atoms with Crippen LogP contribution in [0.3, 0.4) is 0 Å². The second-order valence-electron chi connectivity index (χ2n) is 12.9. The molecule has 3 aromatic carbocycles. The number of rotatable bonds is 12. The number of benzene rings is 3. The van der Waals surface area contributed by atoms with Crippen molar-refractivity contribution in [3.63, 3.8) is 0 Å². The van der Waals surface area contributed by atoms with E-state index in [0.29, 0.717) is 30.5 Å². The fourth-order valence-corrected chi connectivity index (χ4v) is 6.69. The van der Waals surface area contributed by atoms with Crippen LogP contribution in [0.2, 0.25) is 0 Å². The molecule has 51 heavy (non-hydrogen) atoms. The van der Waals surface area contributed by atoms with Gasteiger partial charge in [0.1, 0.15) is 17.6 Å². The minimum absolute atomic E-state index is 0.0753. The summed E-state index contributed by atoms with van der Waals surface area (Å²) in [5.74, 6) is -2.71. The van der Waals surface area contributed by atoms with Crippen molar-refractivity contribution in [2.24, 2.45) is 11.8 Å². The van der Waals surface area contributed by atoms with E-state index < -0.39 is 57.7 Å². The Labute approximate surface area is 295 Å². The Bertz CT molecular complexity index is 2000. The van der Waals surface area contributed by atoms with Crippen LogP contribution in [0.15, 0.2) is 88.2 Å². The Kier molecular flexibility index (Phi) is 11.2. The van der Waals surface area contributed by atoms with Gasteiger partial charge in [0.25, 0.3) is 21.8 Å². The zero-order chi connectivity index (χ0) is 36.9. The molecule has 2 heterocycles. The van der Waals surface area contributed by atoms with Crippen LogP contribution in [0.25, 0.3) is 11.1 Å². The lowest BCUT2D eigenvalue weighted by Crippen LogP contribution is -2.57. The summed E-state index contributed by atoms with van der Waals surface area (Å²) in [5.41, 5.74) is 1.39. The fraction of sp³-hybridized carbons (Fsp3) is 0.333. The van der Waals surface area contributed by atoms with E-state index in [1.165, 1.54) is 53.4 Å². The van der Waals surface area contributed by atoms with Gasteiger partial charge in [-0.15, -0.1) is 0 Å². The Morgan fingerprint density at radius 2 is 1.47 bits per heavy atom. The number of Topliss-reactive ketones (excluding diaryl/α,β-unsaturated/α-hetero) is 1. The van der Waals surface area contributed by atoms with Crippen molar-refractivity contribution in [2.45, 2.75) is 63.6 Å². The average molecular weight is 717 g/mol. The van der Waals surface area contributed by atoms with Crippen LogP contribution >= 0.6 is 0 Å². The van der Waals surface area contributed by atoms with Crippen LogP contribution in [-0.2, 0) is 19.6 Å². The summed E-state index contributed by atoms with van der Waals surface area (Å²) in [6, 6.07) is 16.3. The van der Waals surface area contributed by atoms with Gasteiger partial charge in [-0.25, -0.2) is 22.9 Å². The third-order valence-electron chi connectivity index (χ3n) is 8.49. The van der Waals surface area contributed by atoms with Gasteiger partial charge in [-0.05, 0) is 73.2 Å². The van der Waals surface area contributed by atoms with Crippen molar-refractivity contribution in [3.8, 4) is 0 Å². The van der Waals surface area contributed by atoms with E-state index >= 15 is 0 Å². The minimum Gasteiger partial charge on any atom is -0.434 e. The summed E-state index contributed by atoms with van der Waals surface area (Å²) in [6.07, 6.45) is 0.940. The summed E-state index contributed by atoms with van der Waals surface area (Å²) < 4.78 is 32.4. The topological polar surface area (TPSA) is 197 Å². The number of aromatic nitrogens is 1. The predicted octanol–water partition coefficient (Wildman–Crippen LogP) is 4.11. The summed E-state index contributed by atoms with van der Waals surface area (Å²) in [4.78, 5) is 72.2. The molecule has 5 rings (SSSR count). The Morgan fingerprint density at radius 3 is 2.12 bits per heavy atom. The van der Waals surface area contributed by atoms with Crippen LogP contribution in [0.4, 0.5) is 10.5 Å². The number of urea groups is 1. The van der Waals surface area contributed by atoms with Gasteiger partial charge in [-0.2, -0.15) is 0 Å². The van der Waals surface area contributed by atoms with Gasteiger partial charge in [-0.3, -0.25) is 19.2 Å². The number of ketones is 1. The molecule has 1 aromatic heterocycles. The molecule has 1 aliphatic rings. The molecule has 0 radical (unpaired) electrons. The molecule has 0 saturated carbocycles. The molecule has 268 valence electrons. The van der Waals surface area contributed by atoms with Crippen LogP contribution in [0.1, 0.15) is 61.6 Å². The van der Waals surface area contributed by atoms with E-state index in [2.05, 4.69) is 20.9 Å². The maximum atomic E-state index is 13.9. The van der Waals surface area contributed by atoms with Gasteiger partial charge in [0.05, 0.1) is 10.9 Å². The summed E-state index contributed by atoms with van der Waals surface area (Å²) in [5, 5.41) is 8.01. The van der Waals surface area contributed by atoms with Gasteiger partial charge < -0.3 is 25.3 Å². The normalized spacial score (nSPS) is 15.7. The van der Waals surface area contributed by atoms with E-state index in [4.69, 9.17) is 4.42 Å². The molecular formula is C36H40N6O8S. The van der Waals surface area contributed by atoms with Crippen LogP contribution in [0, 0.1) is 11.8 Å². The molecule has 14 nitrogen and oxygen atoms in total. The van der Waals surface area contributed by atoms with Gasteiger partial charge in [0.2, 0.25) is 17.6 Å². The largest absolute Gasteiger partial charge is 0.434 e. The quantitative estimate of drug-likeness (QED) is 0.156. The molecule has 5 amide bonds. The number of likely N-dealkylation sites (tertiary alicyclic amines) is 1. The highest BCUT2D eigenvalue weighted by atomic mass is 32.2. The number of carbonyl (C=O) groups excluding carboxylic acids is 5. The van der Waals surface area contributed by atoms with Gasteiger partial charge in [-0.1, -0.05) is 58.0 Å². The summed E-state index contributed by atoms with van der Waals surface area (Å²) in [7, 11) is -4.09. The first-order valence-corrected chi connectivity index (χ1v) is 18.0. The number of nitrogens with zero attached hydrogens (tertiary/aromatic N) is 2. The molecule has 4 N–H and O–H groups in total. The lowest BCUT2D eigenvalue weighted by molar-refractivity contribution is -0.140. The summed E-state index contributed by atoms with van der Waals surface area (Å²) in [6.45, 7) is 7.43. The smallest absolute Gasteiger partial charge is 0.333 e. The van der Waals surface area contributed by atoms with Crippen molar-refractivity contribution in [2.75, 3.05) is 11.9 Å². The second-order valence-corrected chi connectivity index (χ2v) is 14.6. The average Bonchev–Trinajstić information content (AvgIpc) is 3.77. The number of hydrogen-bond acceptors (Lipinski definition) is 9. The molecule has 0 bridgehead atoms. The Balaban J connectivity index is 1.21. The molecular weight excluding hydrogens is 676 g/mol. The molecule has 1 fully saturated rings. The SMILES string of the molecule is CC(C)C(NC(=O)[C@@H]1CCCN1C(=O)[C@@H](NC(=O)c1ccc(NC(=O)NS(=O)(=O)c2ccccc2)cc1)C(C)C)C(=O)c1nc2ccccc2o1. The van der Waals surface area contributed by atoms with E-state index in [1.807, 2.05) is 4.72 Å². The zero-order valence-corrected chi connectivity index (χ0v) is 29.4. The number of fused-ring (bicyclic) bond motifs is 1. The molecule has 0 aliphatic carbocycles. The van der Waals surface area contributed by atoms with Crippen LogP contribution in [0.5, 0.6) is 0 Å². The number of amides is 5. The van der Waals surface area contributed by atoms with Crippen molar-refractivity contribution in [1.29, 1.82) is 0 Å². The molecule has 1 saturated heterocycles. The first-order valence-electron chi connectivity index (χ1n) is 16.6. The Morgan fingerprint density at radius 1 is 0.824 bits per heavy atom. The fourth-order valence-electron chi connectivity index (χ4n) is 5.76. The zero-order valence-electron chi connectivity index (χ0n) is 28.6. The number of oxazole rings is 1. The number of carbonyl (C=O) groups is 5. The maximum Gasteiger partial charge on any atom is 0.333 e. The summed E-state index contributed by atoms with van der Waals surface area (Å²) >= 11 is 0. The van der Waals surface area contributed by atoms with E-state index in [9.17, 15) is 32.4 Å². The molecule has 15 heteroatoms. The highest BCUT2D eigenvalue weighted by molar-refractivity contribution is 7.90. The molecule has 4 aromatic rings. The van der Waals surface area contributed by atoms with E-state index in [1.54, 1.807) is 58.0 Å². The van der Waals surface area contributed by atoms with Crippen molar-refractivity contribution >= 4 is 56.3 Å². The van der Waals surface area contributed by atoms with Gasteiger partial charge >= 0.3 is 6.03 Å². The second kappa shape index (κ2) is 15.5. The minimum atomic E-state index is -4.09. The number of para-hydroxylation sites is 2. The number of hydrogen-bond donors (Lipinski definition) is 4. The van der Waals surface area contributed by atoms with Crippen molar-refractivity contribution < 1.29 is 36.8 Å². The first kappa shape index (κ1) is 36.7. The Hall–Kier alpha value is -5.57. The first-order chi connectivity index (χ1) is 24.2. The van der Waals surface area contributed by atoms with Crippen LogP contribution < -0.4 is 20.7 Å². The van der Waals surface area contributed by atoms with Crippen molar-refractivity contribution in [1.82, 2.24) is 25.2 Å². The number of anilines is 1. The highest BCUT2D eigenvalue weighted by Gasteiger charge is 2.40. The monoisotopic (exact) mass is 716 g/mol. The lowest BCUT2D eigenvalue weighted by atomic mass is 9.98. The molecule has 0 spiro atoms. The number of nitrogens with one attached hydrogen (secondary N) is 4. The van der Waals surface area contributed by atoms with Gasteiger partial charge in [0.15, 0.2) is 5.58 Å². The number of sulfonamides is 1. The van der Waals surface area contributed by atoms with Crippen LogP contribution in [-0.4, -0.2) is 72.5 Å². The predicted molar refractivity (Wildman–Crippen MR) is 188 cm³/mol. The lowest BCUT2D eigenvalue weighted by Gasteiger charge is -2.31. The molecule has 1 aliphatic heterocycles. The third-order valence-corrected chi connectivity index (χ3v) is 9.84. The van der Waals surface area contributed by atoms with Crippen molar-refractivity contribution in [3.05, 3.63) is 90.3 Å². The maximum absolute atomic E-state index is 13.9. The van der Waals surface area contributed by atoms with E-state index in [0.717, 1.165) is 0 Å². The molecule has 3 atom stereocenters.